The minimum atomic E-state index is -0.918. The van der Waals surface area contributed by atoms with Gasteiger partial charge in [-0.15, -0.1) is 11.3 Å². The van der Waals surface area contributed by atoms with E-state index in [-0.39, 0.29) is 17.5 Å². The van der Waals surface area contributed by atoms with Crippen LogP contribution in [0.1, 0.15) is 9.67 Å². The maximum atomic E-state index is 12.0. The zero-order chi connectivity index (χ0) is 14.5. The number of carbonyl (C=O) groups excluding carboxylic acids is 2. The molecule has 0 aliphatic heterocycles. The molecule has 0 aliphatic rings. The Morgan fingerprint density at radius 3 is 2.80 bits per heavy atom. The molecule has 0 unspecified atom stereocenters. The fraction of sp³-hybridized carbons (Fsp3) is 0.0833. The third-order valence-electron chi connectivity index (χ3n) is 2.16. The van der Waals surface area contributed by atoms with Crippen molar-refractivity contribution in [2.45, 2.75) is 0 Å². The number of amides is 1. The van der Waals surface area contributed by atoms with Gasteiger partial charge in [0, 0.05) is 6.20 Å². The minimum absolute atomic E-state index is 0.0460. The molecule has 0 aromatic carbocycles. The van der Waals surface area contributed by atoms with Gasteiger partial charge in [-0.25, -0.2) is 9.78 Å². The van der Waals surface area contributed by atoms with Crippen molar-refractivity contribution in [1.29, 1.82) is 0 Å². The number of methoxy groups -OCH3 is 1. The average molecular weight is 313 g/mol. The highest BCUT2D eigenvalue weighted by atomic mass is 35.5. The van der Waals surface area contributed by atoms with Gasteiger partial charge in [-0.2, -0.15) is 0 Å². The summed E-state index contributed by atoms with van der Waals surface area (Å²) in [7, 11) is 1.18. The SMILES string of the molecule is COC(=O)Oc1ncccc1NC(=O)c1ccc(Cl)s1. The number of carbonyl (C=O) groups is 2. The monoisotopic (exact) mass is 312 g/mol. The first-order chi connectivity index (χ1) is 9.60. The molecule has 0 atom stereocenters. The van der Waals surface area contributed by atoms with Gasteiger partial charge in [0.25, 0.3) is 5.91 Å². The molecule has 0 fully saturated rings. The van der Waals surface area contributed by atoms with Crippen LogP contribution in [-0.2, 0) is 4.74 Å². The molecule has 2 heterocycles. The number of thiophene rings is 1. The maximum Gasteiger partial charge on any atom is 0.514 e. The largest absolute Gasteiger partial charge is 0.514 e. The lowest BCUT2D eigenvalue weighted by Crippen LogP contribution is -2.14. The van der Waals surface area contributed by atoms with Crippen LogP contribution in [0.2, 0.25) is 4.34 Å². The van der Waals surface area contributed by atoms with E-state index in [0.29, 0.717) is 9.21 Å². The molecule has 6 nitrogen and oxygen atoms in total. The summed E-state index contributed by atoms with van der Waals surface area (Å²) >= 11 is 6.91. The van der Waals surface area contributed by atoms with E-state index >= 15 is 0 Å². The third-order valence-corrected chi connectivity index (χ3v) is 3.39. The molecule has 0 saturated carbocycles. The average Bonchev–Trinajstić information content (AvgIpc) is 2.87. The first-order valence-corrected chi connectivity index (χ1v) is 6.57. The molecule has 0 radical (unpaired) electrons. The van der Waals surface area contributed by atoms with Gasteiger partial charge in [0.1, 0.15) is 5.69 Å². The number of halogens is 1. The Morgan fingerprint density at radius 2 is 2.15 bits per heavy atom. The number of hydrogen-bond donors (Lipinski definition) is 1. The number of ether oxygens (including phenoxy) is 2. The fourth-order valence-electron chi connectivity index (χ4n) is 1.31. The second kappa shape index (κ2) is 6.36. The van der Waals surface area contributed by atoms with Crippen LogP contribution in [0, 0.1) is 0 Å². The van der Waals surface area contributed by atoms with Crippen molar-refractivity contribution >= 4 is 40.7 Å². The number of nitrogens with one attached hydrogen (secondary N) is 1. The molecule has 104 valence electrons. The minimum Gasteiger partial charge on any atom is -0.437 e. The van der Waals surface area contributed by atoms with Crippen LogP contribution in [0.4, 0.5) is 10.5 Å². The van der Waals surface area contributed by atoms with Gasteiger partial charge < -0.3 is 14.8 Å². The number of pyridine rings is 1. The highest BCUT2D eigenvalue weighted by molar-refractivity contribution is 7.18. The van der Waals surface area contributed by atoms with Gasteiger partial charge in [-0.05, 0) is 24.3 Å². The molecular formula is C12H9ClN2O4S. The predicted molar refractivity (Wildman–Crippen MR) is 74.6 cm³/mol. The van der Waals surface area contributed by atoms with Crippen molar-refractivity contribution in [3.8, 4) is 5.88 Å². The topological polar surface area (TPSA) is 77.5 Å². The quantitative estimate of drug-likeness (QED) is 0.881. The van der Waals surface area contributed by atoms with Crippen molar-refractivity contribution in [2.24, 2.45) is 0 Å². The Bertz CT molecular complexity index is 644. The van der Waals surface area contributed by atoms with Crippen LogP contribution < -0.4 is 10.1 Å². The Kier molecular flexibility index (Phi) is 4.54. The molecule has 0 bridgehead atoms. The normalized spacial score (nSPS) is 9.90. The summed E-state index contributed by atoms with van der Waals surface area (Å²) in [6, 6.07) is 6.37. The summed E-state index contributed by atoms with van der Waals surface area (Å²) < 4.78 is 9.71. The first kappa shape index (κ1) is 14.3. The number of aromatic nitrogens is 1. The lowest BCUT2D eigenvalue weighted by molar-refractivity contribution is 0.102. The second-order valence-corrected chi connectivity index (χ2v) is 5.19. The number of rotatable bonds is 3. The van der Waals surface area contributed by atoms with E-state index in [1.54, 1.807) is 24.3 Å². The van der Waals surface area contributed by atoms with Gasteiger partial charge in [0.2, 0.25) is 5.88 Å². The lowest BCUT2D eigenvalue weighted by Gasteiger charge is -2.08. The lowest BCUT2D eigenvalue weighted by atomic mass is 10.3. The van der Waals surface area contributed by atoms with Crippen molar-refractivity contribution in [3.05, 3.63) is 39.7 Å². The first-order valence-electron chi connectivity index (χ1n) is 5.37. The molecule has 1 N–H and O–H groups in total. The van der Waals surface area contributed by atoms with Crippen molar-refractivity contribution in [1.82, 2.24) is 4.98 Å². The van der Waals surface area contributed by atoms with Crippen LogP contribution in [0.5, 0.6) is 5.88 Å². The fourth-order valence-corrected chi connectivity index (χ4v) is 2.25. The van der Waals surface area contributed by atoms with E-state index in [1.807, 2.05) is 0 Å². The Labute approximate surface area is 123 Å². The van der Waals surface area contributed by atoms with Crippen LogP contribution in [0.25, 0.3) is 0 Å². The molecule has 0 aliphatic carbocycles. The number of anilines is 1. The highest BCUT2D eigenvalue weighted by Gasteiger charge is 2.15. The zero-order valence-corrected chi connectivity index (χ0v) is 11.8. The van der Waals surface area contributed by atoms with Gasteiger partial charge in [-0.3, -0.25) is 4.79 Å². The Hall–Kier alpha value is -2.12. The van der Waals surface area contributed by atoms with Gasteiger partial charge in [0.15, 0.2) is 0 Å². The Balaban J connectivity index is 2.16. The molecule has 2 aromatic rings. The molecule has 0 saturated heterocycles. The van der Waals surface area contributed by atoms with Crippen LogP contribution in [0.15, 0.2) is 30.5 Å². The summed E-state index contributed by atoms with van der Waals surface area (Å²) in [6.45, 7) is 0. The molecule has 2 rings (SSSR count). The van der Waals surface area contributed by atoms with E-state index in [1.165, 1.54) is 13.3 Å². The Morgan fingerprint density at radius 1 is 1.35 bits per heavy atom. The second-order valence-electron chi connectivity index (χ2n) is 3.47. The molecule has 2 aromatic heterocycles. The van der Waals surface area contributed by atoms with Crippen LogP contribution >= 0.6 is 22.9 Å². The number of nitrogens with zero attached hydrogens (tertiary/aromatic N) is 1. The van der Waals surface area contributed by atoms with E-state index in [0.717, 1.165) is 11.3 Å². The summed E-state index contributed by atoms with van der Waals surface area (Å²) in [5.74, 6) is -0.417. The molecule has 8 heteroatoms. The summed E-state index contributed by atoms with van der Waals surface area (Å²) in [5, 5.41) is 2.59. The van der Waals surface area contributed by atoms with Gasteiger partial charge in [0.05, 0.1) is 16.3 Å². The number of hydrogen-bond acceptors (Lipinski definition) is 6. The maximum absolute atomic E-state index is 12.0. The summed E-state index contributed by atoms with van der Waals surface area (Å²) in [6.07, 6.45) is 0.508. The molecule has 20 heavy (non-hydrogen) atoms. The van der Waals surface area contributed by atoms with Gasteiger partial charge in [-0.1, -0.05) is 11.6 Å². The van der Waals surface area contributed by atoms with E-state index in [2.05, 4.69) is 15.0 Å². The molecule has 1 amide bonds. The van der Waals surface area contributed by atoms with Gasteiger partial charge >= 0.3 is 6.16 Å². The summed E-state index contributed by atoms with van der Waals surface area (Å²) in [5.41, 5.74) is 0.257. The van der Waals surface area contributed by atoms with Crippen molar-refractivity contribution in [2.75, 3.05) is 12.4 Å². The smallest absolute Gasteiger partial charge is 0.437 e. The molecular weight excluding hydrogens is 304 g/mol. The molecule has 0 spiro atoms. The van der Waals surface area contributed by atoms with E-state index in [9.17, 15) is 9.59 Å². The van der Waals surface area contributed by atoms with E-state index in [4.69, 9.17) is 16.3 Å². The standard InChI is InChI=1S/C12H9ClN2O4S/c1-18-12(17)19-11-7(3-2-6-14-11)15-10(16)8-4-5-9(13)20-8/h2-6H,1H3,(H,15,16). The van der Waals surface area contributed by atoms with Crippen LogP contribution in [0.3, 0.4) is 0 Å². The van der Waals surface area contributed by atoms with Crippen molar-refractivity contribution < 1.29 is 19.1 Å². The highest BCUT2D eigenvalue weighted by Crippen LogP contribution is 2.25. The predicted octanol–water partition coefficient (Wildman–Crippen LogP) is 3.19. The summed E-state index contributed by atoms with van der Waals surface area (Å²) in [4.78, 5) is 27.3. The van der Waals surface area contributed by atoms with E-state index < -0.39 is 6.16 Å². The third kappa shape index (κ3) is 3.46. The van der Waals surface area contributed by atoms with Crippen molar-refractivity contribution in [3.63, 3.8) is 0 Å². The zero-order valence-electron chi connectivity index (χ0n) is 10.3. The van der Waals surface area contributed by atoms with Crippen LogP contribution in [-0.4, -0.2) is 24.2 Å².